The van der Waals surface area contributed by atoms with Crippen LogP contribution in [0.15, 0.2) is 63.9 Å². The Hall–Kier alpha value is -4.30. The third kappa shape index (κ3) is 5.52. The first-order chi connectivity index (χ1) is 19.4. The second kappa shape index (κ2) is 10.6. The molecule has 214 valence electrons. The number of sulfone groups is 1. The highest BCUT2D eigenvalue weighted by molar-refractivity contribution is 7.90. The molecule has 1 aromatic heterocycles. The third-order valence-electron chi connectivity index (χ3n) is 6.84. The van der Waals surface area contributed by atoms with Crippen LogP contribution in [0.1, 0.15) is 40.2 Å². The van der Waals surface area contributed by atoms with Gasteiger partial charge in [-0.3, -0.25) is 19.2 Å². The van der Waals surface area contributed by atoms with Crippen molar-refractivity contribution in [2.75, 3.05) is 17.6 Å². The minimum absolute atomic E-state index is 0.0111. The van der Waals surface area contributed by atoms with Gasteiger partial charge in [0.1, 0.15) is 22.1 Å². The van der Waals surface area contributed by atoms with Crippen molar-refractivity contribution in [3.63, 3.8) is 0 Å². The van der Waals surface area contributed by atoms with E-state index in [9.17, 15) is 36.1 Å². The number of halogens is 1. The highest BCUT2D eigenvalue weighted by Crippen LogP contribution is 2.48. The van der Waals surface area contributed by atoms with E-state index in [0.717, 1.165) is 35.5 Å². The van der Waals surface area contributed by atoms with E-state index in [1.165, 1.54) is 43.4 Å². The summed E-state index contributed by atoms with van der Waals surface area (Å²) < 4.78 is 70.4. The van der Waals surface area contributed by atoms with E-state index in [2.05, 4.69) is 5.32 Å². The second-order valence-corrected chi connectivity index (χ2v) is 12.6. The van der Waals surface area contributed by atoms with Gasteiger partial charge in [-0.25, -0.2) is 21.2 Å². The second-order valence-electron chi connectivity index (χ2n) is 9.70. The highest BCUT2D eigenvalue weighted by atomic mass is 32.2. The van der Waals surface area contributed by atoms with Crippen molar-refractivity contribution < 1.29 is 35.4 Å². The normalized spacial score (nSPS) is 13.5. The number of benzene rings is 3. The monoisotopic (exact) mass is 601 g/mol. The molecular formula is C27H24FN3O8S2. The number of anilines is 1. The summed E-state index contributed by atoms with van der Waals surface area (Å²) >= 11 is 0. The summed E-state index contributed by atoms with van der Waals surface area (Å²) in [5.41, 5.74) is 1.41. The van der Waals surface area contributed by atoms with Crippen LogP contribution in [0.2, 0.25) is 0 Å². The van der Waals surface area contributed by atoms with Gasteiger partial charge in [-0.05, 0) is 66.3 Å². The molecule has 0 aliphatic heterocycles. The number of nitro benzene ring substituents is 1. The van der Waals surface area contributed by atoms with Crippen LogP contribution in [0.4, 0.5) is 15.8 Å². The quantitative estimate of drug-likeness (QED) is 0.163. The van der Waals surface area contributed by atoms with Crippen molar-refractivity contribution in [2.45, 2.75) is 30.2 Å². The summed E-state index contributed by atoms with van der Waals surface area (Å²) in [6.45, 7) is -0.307. The van der Waals surface area contributed by atoms with Gasteiger partial charge in [0.2, 0.25) is 10.9 Å². The van der Waals surface area contributed by atoms with Crippen molar-refractivity contribution in [2.24, 2.45) is 0 Å². The number of rotatable bonds is 9. The first-order valence-electron chi connectivity index (χ1n) is 12.4. The number of furan rings is 1. The van der Waals surface area contributed by atoms with Gasteiger partial charge < -0.3 is 9.73 Å². The zero-order valence-electron chi connectivity index (χ0n) is 21.8. The Morgan fingerprint density at radius 1 is 1.15 bits per heavy atom. The Balaban J connectivity index is 1.68. The number of hydrogen-bond donors (Lipinski definition) is 2. The molecule has 14 heteroatoms. The lowest BCUT2D eigenvalue weighted by molar-refractivity contribution is -0.387. The Bertz CT molecular complexity index is 1890. The summed E-state index contributed by atoms with van der Waals surface area (Å²) in [5, 5.41) is 14.4. The molecule has 1 heterocycles. The van der Waals surface area contributed by atoms with E-state index in [1.807, 2.05) is 0 Å². The van der Waals surface area contributed by atoms with Gasteiger partial charge >= 0.3 is 0 Å². The number of carbonyl (C=O) groups is 1. The third-order valence-corrected chi connectivity index (χ3v) is 8.72. The Morgan fingerprint density at radius 2 is 1.83 bits per heavy atom. The van der Waals surface area contributed by atoms with Crippen molar-refractivity contribution in [3.8, 4) is 11.3 Å². The Morgan fingerprint density at radius 3 is 2.39 bits per heavy atom. The molecule has 0 bridgehead atoms. The van der Waals surface area contributed by atoms with Crippen LogP contribution in [0.5, 0.6) is 0 Å². The first-order valence-corrected chi connectivity index (χ1v) is 15.4. The number of nitrogens with zero attached hydrogens (tertiary/aromatic N) is 2. The van der Waals surface area contributed by atoms with Crippen molar-refractivity contribution >= 4 is 49.0 Å². The molecule has 0 spiro atoms. The van der Waals surface area contributed by atoms with Gasteiger partial charge in [0.25, 0.3) is 11.6 Å². The number of thiol groups is 1. The topological polar surface area (TPSA) is 157 Å². The summed E-state index contributed by atoms with van der Waals surface area (Å²) in [7, 11) is -5.80. The van der Waals surface area contributed by atoms with E-state index < -0.39 is 48.0 Å². The van der Waals surface area contributed by atoms with E-state index in [-0.39, 0.29) is 40.6 Å². The molecule has 41 heavy (non-hydrogen) atoms. The smallest absolute Gasteiger partial charge is 0.287 e. The first kappa shape index (κ1) is 28.2. The summed E-state index contributed by atoms with van der Waals surface area (Å²) in [5.74, 6) is -0.713. The number of hydrogen-bond acceptors (Lipinski definition) is 8. The lowest BCUT2D eigenvalue weighted by Gasteiger charge is -2.21. The summed E-state index contributed by atoms with van der Waals surface area (Å²) in [6, 6.07) is 12.1. The predicted molar refractivity (Wildman–Crippen MR) is 150 cm³/mol. The van der Waals surface area contributed by atoms with Crippen molar-refractivity contribution in [1.29, 1.82) is 0 Å². The zero-order valence-corrected chi connectivity index (χ0v) is 23.5. The molecule has 1 N–H and O–H groups in total. The average molecular weight is 602 g/mol. The fourth-order valence-electron chi connectivity index (χ4n) is 4.76. The van der Waals surface area contributed by atoms with Gasteiger partial charge in [0.05, 0.1) is 22.7 Å². The minimum atomic E-state index is -3.99. The van der Waals surface area contributed by atoms with E-state index >= 15 is 0 Å². The maximum absolute atomic E-state index is 13.6. The number of carbonyl (C=O) groups excluding carboxylic acids is 1. The van der Waals surface area contributed by atoms with Gasteiger partial charge in [-0.15, -0.1) is 0 Å². The molecule has 1 aliphatic rings. The molecule has 4 aromatic rings. The number of fused-ring (bicyclic) bond motifs is 1. The molecule has 0 saturated heterocycles. The number of nitrogens with one attached hydrogen (secondary N) is 1. The molecule has 1 saturated carbocycles. The van der Waals surface area contributed by atoms with E-state index in [0.29, 0.717) is 16.5 Å². The molecule has 1 amide bonds. The minimum Gasteiger partial charge on any atom is -0.455 e. The van der Waals surface area contributed by atoms with Gasteiger partial charge in [0, 0.05) is 36.4 Å². The summed E-state index contributed by atoms with van der Waals surface area (Å²) in [4.78, 5) is 23.0. The fourth-order valence-corrected chi connectivity index (χ4v) is 6.27. The maximum Gasteiger partial charge on any atom is 0.287 e. The van der Waals surface area contributed by atoms with Crippen LogP contribution in [0.25, 0.3) is 22.3 Å². The van der Waals surface area contributed by atoms with E-state index in [4.69, 9.17) is 4.42 Å². The lowest BCUT2D eigenvalue weighted by Crippen LogP contribution is -2.22. The average Bonchev–Trinajstić information content (AvgIpc) is 3.70. The Kier molecular flexibility index (Phi) is 7.30. The molecule has 5 rings (SSSR count). The zero-order chi connectivity index (χ0) is 29.6. The van der Waals surface area contributed by atoms with Crippen LogP contribution >= 0.6 is 0 Å². The van der Waals surface area contributed by atoms with Crippen LogP contribution in [-0.4, -0.2) is 41.0 Å². The molecular weight excluding hydrogens is 577 g/mol. The molecule has 1 aliphatic carbocycles. The van der Waals surface area contributed by atoms with Crippen molar-refractivity contribution in [1.82, 2.24) is 5.32 Å². The van der Waals surface area contributed by atoms with Gasteiger partial charge in [-0.2, -0.15) is 0 Å². The van der Waals surface area contributed by atoms with Crippen LogP contribution < -0.4 is 9.62 Å². The van der Waals surface area contributed by atoms with Crippen molar-refractivity contribution in [3.05, 3.63) is 87.2 Å². The standard InChI is InChI=1S/C27H24FN3O8S2/c1-29-27(32)25-20-12-19(16-4-5-16)22(13-23(20)39-26(25)17-6-8-18(28)9-7-17)30(40(35)36)14-15-3-10-21(31(33)34)24(11-15)41(2,37)38/h3,6-13,16,40H,4-5,14H2,1-2H3,(H,29,32). The molecule has 0 unspecified atom stereocenters. The van der Waals surface area contributed by atoms with Crippen LogP contribution in [0, 0.1) is 15.9 Å². The molecule has 0 radical (unpaired) electrons. The maximum atomic E-state index is 13.6. The number of amides is 1. The summed E-state index contributed by atoms with van der Waals surface area (Å²) in [6.07, 6.45) is 2.41. The highest BCUT2D eigenvalue weighted by Gasteiger charge is 2.32. The van der Waals surface area contributed by atoms with Gasteiger partial charge in [0.15, 0.2) is 9.84 Å². The largest absolute Gasteiger partial charge is 0.455 e. The van der Waals surface area contributed by atoms with E-state index in [1.54, 1.807) is 6.07 Å². The lowest BCUT2D eigenvalue weighted by atomic mass is 10.00. The van der Waals surface area contributed by atoms with Crippen LogP contribution in [0.3, 0.4) is 0 Å². The SMILES string of the molecule is CNC(=O)c1c(-c2ccc(F)cc2)oc2cc(N(Cc3ccc([N+](=O)[O-])c(S(C)(=O)=O)c3)[SH](=O)=O)c(C3CC3)cc12. The molecule has 3 aromatic carbocycles. The molecule has 0 atom stereocenters. The Labute approximate surface area is 235 Å². The number of nitro groups is 1. The predicted octanol–water partition coefficient (Wildman–Crippen LogP) is 4.32. The van der Waals surface area contributed by atoms with Gasteiger partial charge in [-0.1, -0.05) is 6.07 Å². The fraction of sp³-hybridized carbons (Fsp3) is 0.222. The van der Waals surface area contributed by atoms with Crippen LogP contribution in [-0.2, 0) is 27.3 Å². The molecule has 11 nitrogen and oxygen atoms in total. The molecule has 1 fully saturated rings.